The molecule has 0 aliphatic heterocycles. The average molecular weight is 594 g/mol. The van der Waals surface area contributed by atoms with E-state index in [4.69, 9.17) is 20.9 Å². The lowest BCUT2D eigenvalue weighted by Gasteiger charge is -2.14. The van der Waals surface area contributed by atoms with Crippen LogP contribution < -0.4 is 15.0 Å². The van der Waals surface area contributed by atoms with Crippen molar-refractivity contribution in [3.05, 3.63) is 60.1 Å². The molecule has 0 radical (unpaired) electrons. The number of ether oxygens (including phenoxy) is 2. The van der Waals surface area contributed by atoms with E-state index >= 15 is 0 Å². The molecule has 0 bridgehead atoms. The minimum atomic E-state index is -0.214. The van der Waals surface area contributed by atoms with E-state index < -0.39 is 0 Å². The fraction of sp³-hybridized carbons (Fsp3) is 0.261. The minimum absolute atomic E-state index is 0.0621. The molecule has 31 heavy (non-hydrogen) atoms. The highest BCUT2D eigenvalue weighted by Gasteiger charge is 2.16. The lowest BCUT2D eigenvalue weighted by atomic mass is 10.1. The molecule has 0 unspecified atom stereocenters. The summed E-state index contributed by atoms with van der Waals surface area (Å²) < 4.78 is 14.0. The van der Waals surface area contributed by atoms with Gasteiger partial charge in [-0.05, 0) is 64.9 Å². The molecule has 6 nitrogen and oxygen atoms in total. The molecule has 0 N–H and O–H groups in total. The van der Waals surface area contributed by atoms with E-state index in [0.29, 0.717) is 28.2 Å². The molecule has 3 rings (SSSR count). The molecule has 0 fully saturated rings. The normalized spacial score (nSPS) is 12.1. The molecule has 0 amide bonds. The molecular weight excluding hydrogens is 573 g/mol. The summed E-state index contributed by atoms with van der Waals surface area (Å²) in [6.07, 6.45) is 7.74. The number of nitrogens with zero attached hydrogens (tertiary/aromatic N) is 3. The first kappa shape index (κ1) is 23.3. The van der Waals surface area contributed by atoms with Gasteiger partial charge in [-0.1, -0.05) is 35.7 Å². The summed E-state index contributed by atoms with van der Waals surface area (Å²) in [4.78, 5) is 18.0. The number of terminal acetylenes is 1. The third-order valence-corrected chi connectivity index (χ3v) is 6.05. The van der Waals surface area contributed by atoms with Crippen molar-refractivity contribution in [1.82, 2.24) is 9.66 Å². The van der Waals surface area contributed by atoms with Gasteiger partial charge in [0.05, 0.1) is 27.8 Å². The first-order chi connectivity index (χ1) is 14.9. The number of hydrogen-bond acceptors (Lipinski definition) is 5. The van der Waals surface area contributed by atoms with Gasteiger partial charge in [-0.15, -0.1) is 6.42 Å². The van der Waals surface area contributed by atoms with Crippen LogP contribution in [0.1, 0.15) is 37.6 Å². The van der Waals surface area contributed by atoms with Gasteiger partial charge in [0.2, 0.25) is 0 Å². The minimum Gasteiger partial charge on any atom is -0.493 e. The summed E-state index contributed by atoms with van der Waals surface area (Å²) in [5, 5.41) is 5.01. The topological polar surface area (TPSA) is 65.7 Å². The van der Waals surface area contributed by atoms with Crippen molar-refractivity contribution in [2.24, 2.45) is 5.10 Å². The van der Waals surface area contributed by atoms with Gasteiger partial charge in [0.25, 0.3) is 5.56 Å². The number of rotatable bonds is 7. The van der Waals surface area contributed by atoms with Crippen LogP contribution >= 0.6 is 38.5 Å². The number of aromatic nitrogens is 2. The maximum absolute atomic E-state index is 13.2. The summed E-state index contributed by atoms with van der Waals surface area (Å²) in [5.41, 5.74) is 1.19. The molecule has 1 heterocycles. The Labute approximate surface area is 202 Å². The van der Waals surface area contributed by atoms with Crippen molar-refractivity contribution in [3.63, 3.8) is 0 Å². The van der Waals surface area contributed by atoms with Crippen LogP contribution in [-0.2, 0) is 0 Å². The van der Waals surface area contributed by atoms with Crippen molar-refractivity contribution in [3.8, 4) is 23.8 Å². The van der Waals surface area contributed by atoms with Crippen molar-refractivity contribution in [2.45, 2.75) is 26.2 Å². The van der Waals surface area contributed by atoms with Crippen LogP contribution in [-0.4, -0.2) is 29.6 Å². The van der Waals surface area contributed by atoms with Crippen LogP contribution in [0.25, 0.3) is 10.9 Å². The Morgan fingerprint density at radius 1 is 1.39 bits per heavy atom. The first-order valence-electron chi connectivity index (χ1n) is 9.59. The van der Waals surface area contributed by atoms with E-state index in [9.17, 15) is 4.79 Å². The second-order valence-electron chi connectivity index (χ2n) is 6.83. The number of halogens is 2. The van der Waals surface area contributed by atoms with Gasteiger partial charge in [0, 0.05) is 10.4 Å². The summed E-state index contributed by atoms with van der Waals surface area (Å²) in [6.45, 7) is 4.23. The zero-order valence-corrected chi connectivity index (χ0v) is 21.1. The number of fused-ring (bicyclic) bond motifs is 1. The second-order valence-corrected chi connectivity index (χ2v) is 8.91. The van der Waals surface area contributed by atoms with Gasteiger partial charge < -0.3 is 9.47 Å². The van der Waals surface area contributed by atoms with E-state index in [1.807, 2.05) is 25.1 Å². The Hall–Kier alpha value is -2.38. The van der Waals surface area contributed by atoms with Gasteiger partial charge in [-0.25, -0.2) is 4.98 Å². The van der Waals surface area contributed by atoms with Crippen LogP contribution in [0, 0.1) is 15.9 Å². The maximum atomic E-state index is 13.2. The smallest absolute Gasteiger partial charge is 0.282 e. The highest BCUT2D eigenvalue weighted by atomic mass is 127. The van der Waals surface area contributed by atoms with Crippen LogP contribution in [0.5, 0.6) is 11.5 Å². The van der Waals surface area contributed by atoms with Gasteiger partial charge in [0.15, 0.2) is 11.5 Å². The van der Waals surface area contributed by atoms with Gasteiger partial charge in [-0.3, -0.25) is 4.79 Å². The highest BCUT2D eigenvalue weighted by molar-refractivity contribution is 14.1. The van der Waals surface area contributed by atoms with Gasteiger partial charge in [0.1, 0.15) is 12.4 Å². The highest BCUT2D eigenvalue weighted by Crippen LogP contribution is 2.33. The monoisotopic (exact) mass is 593 g/mol. The molecule has 3 aromatic rings. The van der Waals surface area contributed by atoms with E-state index in [1.54, 1.807) is 25.5 Å². The first-order valence-corrected chi connectivity index (χ1v) is 11.5. The van der Waals surface area contributed by atoms with Crippen molar-refractivity contribution in [2.75, 3.05) is 13.7 Å². The molecule has 0 spiro atoms. The molecular formula is C23H21BrIN3O3. The lowest BCUT2D eigenvalue weighted by molar-refractivity contribution is 0.328. The van der Waals surface area contributed by atoms with Crippen LogP contribution in [0.3, 0.4) is 0 Å². The van der Waals surface area contributed by atoms with E-state index in [0.717, 1.165) is 20.0 Å². The molecule has 0 aliphatic carbocycles. The molecule has 1 atom stereocenters. The van der Waals surface area contributed by atoms with Crippen LogP contribution in [0.2, 0.25) is 0 Å². The SMILES string of the molecule is C#CCOc1c(I)cc(C=Nn2c([C@H](C)CC)nc3ccc(Br)cc3c2=O)cc1OC. The van der Waals surface area contributed by atoms with Crippen molar-refractivity contribution in [1.29, 1.82) is 0 Å². The molecule has 0 saturated carbocycles. The average Bonchev–Trinajstić information content (AvgIpc) is 2.77. The molecule has 160 valence electrons. The predicted octanol–water partition coefficient (Wildman–Crippen LogP) is 5.18. The van der Waals surface area contributed by atoms with E-state index in [2.05, 4.69) is 56.5 Å². The molecule has 0 saturated heterocycles. The van der Waals surface area contributed by atoms with Crippen LogP contribution in [0.15, 0.2) is 44.7 Å². The van der Waals surface area contributed by atoms with Gasteiger partial charge in [-0.2, -0.15) is 9.78 Å². The maximum Gasteiger partial charge on any atom is 0.282 e. The summed E-state index contributed by atoms with van der Waals surface area (Å²) >= 11 is 5.58. The standard InChI is InChI=1S/C23H21BrIN3O3/c1-5-9-31-21-18(25)10-15(11-20(21)30-4)13-26-28-22(14(3)6-2)27-19-8-7-16(24)12-17(19)23(28)29/h1,7-8,10-14H,6,9H2,2-4H3/t14-/m1/s1. The lowest BCUT2D eigenvalue weighted by Crippen LogP contribution is -2.23. The number of hydrogen-bond donors (Lipinski definition) is 0. The Morgan fingerprint density at radius 2 is 2.16 bits per heavy atom. The summed E-state index contributed by atoms with van der Waals surface area (Å²) in [5.74, 6) is 4.25. The van der Waals surface area contributed by atoms with Gasteiger partial charge >= 0.3 is 0 Å². The summed E-state index contributed by atoms with van der Waals surface area (Å²) in [7, 11) is 1.56. The Bertz CT molecular complexity index is 1250. The number of methoxy groups -OCH3 is 1. The predicted molar refractivity (Wildman–Crippen MR) is 135 cm³/mol. The van der Waals surface area contributed by atoms with Crippen molar-refractivity contribution >= 4 is 55.6 Å². The van der Waals surface area contributed by atoms with Crippen LogP contribution in [0.4, 0.5) is 0 Å². The Morgan fingerprint density at radius 3 is 2.84 bits per heavy atom. The quantitative estimate of drug-likeness (QED) is 0.215. The molecule has 1 aromatic heterocycles. The van der Waals surface area contributed by atoms with E-state index in [1.165, 1.54) is 4.68 Å². The zero-order valence-electron chi connectivity index (χ0n) is 17.4. The summed E-state index contributed by atoms with van der Waals surface area (Å²) in [6, 6.07) is 9.15. The Kier molecular flexibility index (Phi) is 7.73. The fourth-order valence-corrected chi connectivity index (χ4v) is 4.11. The molecule has 0 aliphatic rings. The Balaban J connectivity index is 2.12. The third-order valence-electron chi connectivity index (χ3n) is 4.76. The number of benzene rings is 2. The fourth-order valence-electron chi connectivity index (χ4n) is 2.97. The largest absolute Gasteiger partial charge is 0.493 e. The van der Waals surface area contributed by atoms with E-state index in [-0.39, 0.29) is 18.1 Å². The van der Waals surface area contributed by atoms with Crippen molar-refractivity contribution < 1.29 is 9.47 Å². The second kappa shape index (κ2) is 10.3. The molecule has 2 aromatic carbocycles. The third kappa shape index (κ3) is 5.10. The zero-order chi connectivity index (χ0) is 22.5. The molecule has 8 heteroatoms.